The second kappa shape index (κ2) is 3.67. The van der Waals surface area contributed by atoms with Gasteiger partial charge in [-0.3, -0.25) is 0 Å². The minimum absolute atomic E-state index is 0.0395. The predicted molar refractivity (Wildman–Crippen MR) is 66.0 cm³/mol. The Morgan fingerprint density at radius 1 is 1.20 bits per heavy atom. The lowest BCUT2D eigenvalue weighted by atomic mass is 9.98. The number of hydrogen-bond donors (Lipinski definition) is 0. The molecule has 2 aromatic rings. The number of hydrogen-bond acceptors (Lipinski definition) is 2. The summed E-state index contributed by atoms with van der Waals surface area (Å²) < 4.78 is 1.20. The number of nitrogens with zero attached hydrogens (tertiary/aromatic N) is 1. The molecule has 0 spiro atoms. The predicted octanol–water partition coefficient (Wildman–Crippen LogP) is 3.69. The summed E-state index contributed by atoms with van der Waals surface area (Å²) in [5.74, 6) is 6.33. The first-order valence-electron chi connectivity index (χ1n) is 4.93. The number of thiazole rings is 1. The average Bonchev–Trinajstić information content (AvgIpc) is 2.56. The molecule has 0 saturated heterocycles. The highest BCUT2D eigenvalue weighted by atomic mass is 32.1. The van der Waals surface area contributed by atoms with E-state index in [9.17, 15) is 0 Å². The van der Waals surface area contributed by atoms with E-state index in [0.29, 0.717) is 0 Å². The molecule has 0 aliphatic rings. The lowest BCUT2D eigenvalue weighted by molar-refractivity contribution is 0.571. The molecule has 2 heteroatoms. The monoisotopic (exact) mass is 215 g/mol. The van der Waals surface area contributed by atoms with Crippen LogP contribution < -0.4 is 0 Å². The SMILES string of the molecule is CC(C)(C)C#Cc1nc2ccccc2s1. The van der Waals surface area contributed by atoms with Crippen molar-refractivity contribution >= 4 is 21.6 Å². The molecular weight excluding hydrogens is 202 g/mol. The molecule has 1 aromatic heterocycles. The second-order valence-corrected chi connectivity index (χ2v) is 5.52. The number of benzene rings is 1. The fourth-order valence-electron chi connectivity index (χ4n) is 1.17. The van der Waals surface area contributed by atoms with Gasteiger partial charge >= 0.3 is 0 Å². The highest BCUT2D eigenvalue weighted by Gasteiger charge is 2.05. The van der Waals surface area contributed by atoms with Gasteiger partial charge in [-0.15, -0.1) is 11.3 Å². The molecule has 76 valence electrons. The summed E-state index contributed by atoms with van der Waals surface area (Å²) in [6, 6.07) is 8.13. The van der Waals surface area contributed by atoms with Gasteiger partial charge in [-0.05, 0) is 38.8 Å². The molecule has 1 nitrogen and oxygen atoms in total. The largest absolute Gasteiger partial charge is 0.228 e. The van der Waals surface area contributed by atoms with Crippen molar-refractivity contribution in [3.63, 3.8) is 0 Å². The van der Waals surface area contributed by atoms with Crippen LogP contribution in [0.25, 0.3) is 10.2 Å². The molecule has 0 amide bonds. The zero-order valence-corrected chi connectivity index (χ0v) is 9.98. The summed E-state index contributed by atoms with van der Waals surface area (Å²) >= 11 is 1.65. The van der Waals surface area contributed by atoms with Crippen molar-refractivity contribution in [2.45, 2.75) is 20.8 Å². The van der Waals surface area contributed by atoms with Crippen LogP contribution in [0.5, 0.6) is 0 Å². The van der Waals surface area contributed by atoms with Crippen molar-refractivity contribution < 1.29 is 0 Å². The Hall–Kier alpha value is -1.33. The summed E-state index contributed by atoms with van der Waals surface area (Å²) in [6.07, 6.45) is 0. The first kappa shape index (κ1) is 10.2. The highest BCUT2D eigenvalue weighted by molar-refractivity contribution is 7.19. The molecule has 0 atom stereocenters. The normalized spacial score (nSPS) is 11.1. The van der Waals surface area contributed by atoms with Crippen molar-refractivity contribution in [3.8, 4) is 11.8 Å². The lowest BCUT2D eigenvalue weighted by Crippen LogP contribution is -1.99. The Labute approximate surface area is 94.2 Å². The minimum atomic E-state index is 0.0395. The fourth-order valence-corrected chi connectivity index (χ4v) is 1.99. The first-order valence-corrected chi connectivity index (χ1v) is 5.75. The summed E-state index contributed by atoms with van der Waals surface area (Å²) in [4.78, 5) is 4.46. The van der Waals surface area contributed by atoms with Crippen LogP contribution in [0, 0.1) is 17.3 Å². The summed E-state index contributed by atoms with van der Waals surface area (Å²) in [6.45, 7) is 6.31. The van der Waals surface area contributed by atoms with E-state index >= 15 is 0 Å². The van der Waals surface area contributed by atoms with Crippen molar-refractivity contribution in [2.24, 2.45) is 5.41 Å². The third-order valence-electron chi connectivity index (χ3n) is 1.84. The Balaban J connectivity index is 2.41. The molecule has 15 heavy (non-hydrogen) atoms. The van der Waals surface area contributed by atoms with Crippen LogP contribution in [0.1, 0.15) is 25.8 Å². The van der Waals surface area contributed by atoms with Gasteiger partial charge in [0.25, 0.3) is 0 Å². The molecule has 0 unspecified atom stereocenters. The van der Waals surface area contributed by atoms with Gasteiger partial charge in [0, 0.05) is 5.41 Å². The molecule has 0 fully saturated rings. The van der Waals surface area contributed by atoms with Crippen LogP contribution in [0.4, 0.5) is 0 Å². The Morgan fingerprint density at radius 3 is 2.60 bits per heavy atom. The molecule has 0 aliphatic carbocycles. The van der Waals surface area contributed by atoms with E-state index in [1.807, 2.05) is 18.2 Å². The van der Waals surface area contributed by atoms with Gasteiger partial charge in [0.05, 0.1) is 10.2 Å². The van der Waals surface area contributed by atoms with Crippen LogP contribution in [-0.2, 0) is 0 Å². The van der Waals surface area contributed by atoms with E-state index in [-0.39, 0.29) is 5.41 Å². The van der Waals surface area contributed by atoms with Gasteiger partial charge in [-0.25, -0.2) is 4.98 Å². The summed E-state index contributed by atoms with van der Waals surface area (Å²) in [5.41, 5.74) is 1.08. The maximum Gasteiger partial charge on any atom is 0.168 e. The number of rotatable bonds is 0. The van der Waals surface area contributed by atoms with Crippen molar-refractivity contribution in [3.05, 3.63) is 29.3 Å². The molecule has 1 aromatic carbocycles. The number of fused-ring (bicyclic) bond motifs is 1. The highest BCUT2D eigenvalue weighted by Crippen LogP contribution is 2.21. The summed E-state index contributed by atoms with van der Waals surface area (Å²) in [7, 11) is 0. The molecule has 1 heterocycles. The van der Waals surface area contributed by atoms with Gasteiger partial charge in [-0.2, -0.15) is 0 Å². The zero-order chi connectivity index (χ0) is 10.9. The van der Waals surface area contributed by atoms with Gasteiger partial charge in [0.15, 0.2) is 5.01 Å². The molecular formula is C13H13NS. The molecule has 2 rings (SSSR count). The molecule has 0 aliphatic heterocycles. The zero-order valence-electron chi connectivity index (χ0n) is 9.16. The quantitative estimate of drug-likeness (QED) is 0.611. The minimum Gasteiger partial charge on any atom is -0.228 e. The first-order chi connectivity index (χ1) is 7.04. The second-order valence-electron chi connectivity index (χ2n) is 4.49. The van der Waals surface area contributed by atoms with E-state index in [1.165, 1.54) is 4.70 Å². The van der Waals surface area contributed by atoms with Gasteiger partial charge in [-0.1, -0.05) is 18.1 Å². The van der Waals surface area contributed by atoms with E-state index in [4.69, 9.17) is 0 Å². The van der Waals surface area contributed by atoms with Crippen LogP contribution in [0.3, 0.4) is 0 Å². The standard InChI is InChI=1S/C13H13NS/c1-13(2,3)9-8-12-14-10-6-4-5-7-11(10)15-12/h4-7H,1-3H3. The van der Waals surface area contributed by atoms with Crippen LogP contribution in [0.15, 0.2) is 24.3 Å². The van der Waals surface area contributed by atoms with Crippen LogP contribution >= 0.6 is 11.3 Å². The summed E-state index contributed by atoms with van der Waals surface area (Å²) in [5, 5.41) is 0.908. The molecule has 0 N–H and O–H groups in total. The van der Waals surface area contributed by atoms with Gasteiger partial charge < -0.3 is 0 Å². The Kier molecular flexibility index (Phi) is 2.50. The van der Waals surface area contributed by atoms with E-state index < -0.39 is 0 Å². The average molecular weight is 215 g/mol. The lowest BCUT2D eigenvalue weighted by Gasteiger charge is -2.05. The van der Waals surface area contributed by atoms with Crippen molar-refractivity contribution in [2.75, 3.05) is 0 Å². The third-order valence-corrected chi connectivity index (χ3v) is 2.79. The van der Waals surface area contributed by atoms with Crippen LogP contribution in [0.2, 0.25) is 0 Å². The topological polar surface area (TPSA) is 12.9 Å². The fraction of sp³-hybridized carbons (Fsp3) is 0.308. The maximum absolute atomic E-state index is 4.46. The van der Waals surface area contributed by atoms with E-state index in [0.717, 1.165) is 10.5 Å². The van der Waals surface area contributed by atoms with E-state index in [2.05, 4.69) is 43.7 Å². The smallest absolute Gasteiger partial charge is 0.168 e. The van der Waals surface area contributed by atoms with Crippen molar-refractivity contribution in [1.29, 1.82) is 0 Å². The third kappa shape index (κ3) is 2.57. The van der Waals surface area contributed by atoms with Crippen LogP contribution in [-0.4, -0.2) is 4.98 Å². The molecule has 0 bridgehead atoms. The van der Waals surface area contributed by atoms with E-state index in [1.54, 1.807) is 11.3 Å². The molecule has 0 saturated carbocycles. The Morgan fingerprint density at radius 2 is 1.93 bits per heavy atom. The van der Waals surface area contributed by atoms with Crippen molar-refractivity contribution in [1.82, 2.24) is 4.98 Å². The maximum atomic E-state index is 4.46. The number of para-hydroxylation sites is 1. The van der Waals surface area contributed by atoms with Gasteiger partial charge in [0.1, 0.15) is 0 Å². The molecule has 0 radical (unpaired) electrons. The Bertz CT molecular complexity index is 502. The number of aromatic nitrogens is 1. The van der Waals surface area contributed by atoms with Gasteiger partial charge in [0.2, 0.25) is 0 Å².